The van der Waals surface area contributed by atoms with Crippen molar-refractivity contribution in [1.82, 2.24) is 9.80 Å². The van der Waals surface area contributed by atoms with Gasteiger partial charge in [0.25, 0.3) is 5.91 Å². The molecule has 1 aliphatic heterocycles. The zero-order valence-electron chi connectivity index (χ0n) is 16.7. The predicted octanol–water partition coefficient (Wildman–Crippen LogP) is 3.61. The van der Waals surface area contributed by atoms with E-state index in [0.29, 0.717) is 37.0 Å². The number of halogens is 2. The SMILES string of the molecule is COC[C@H]1CN(C(=O)COc2ccc(Cl)cc2)[C@H](C)CN1Cc1ccc(F)cc1. The van der Waals surface area contributed by atoms with Gasteiger partial charge in [0.1, 0.15) is 11.6 Å². The molecule has 2 atom stereocenters. The first-order valence-corrected chi connectivity index (χ1v) is 9.99. The van der Waals surface area contributed by atoms with Crippen LogP contribution in [0.1, 0.15) is 12.5 Å². The highest BCUT2D eigenvalue weighted by atomic mass is 35.5. The van der Waals surface area contributed by atoms with Gasteiger partial charge in [-0.05, 0) is 48.9 Å². The number of benzene rings is 2. The molecule has 0 aliphatic carbocycles. The molecule has 0 unspecified atom stereocenters. The summed E-state index contributed by atoms with van der Waals surface area (Å²) in [5.41, 5.74) is 1.03. The Bertz CT molecular complexity index is 801. The Morgan fingerprint density at radius 3 is 2.48 bits per heavy atom. The molecule has 2 aromatic carbocycles. The number of hydrogen-bond acceptors (Lipinski definition) is 4. The Morgan fingerprint density at radius 2 is 1.83 bits per heavy atom. The van der Waals surface area contributed by atoms with Gasteiger partial charge in [-0.3, -0.25) is 9.69 Å². The maximum atomic E-state index is 13.2. The molecular weight excluding hydrogens is 395 g/mol. The Balaban J connectivity index is 1.61. The van der Waals surface area contributed by atoms with Gasteiger partial charge in [0, 0.05) is 37.8 Å². The summed E-state index contributed by atoms with van der Waals surface area (Å²) in [5.74, 6) is 0.306. The summed E-state index contributed by atoms with van der Waals surface area (Å²) in [6.07, 6.45) is 0. The number of carbonyl (C=O) groups is 1. The third-order valence-electron chi connectivity index (χ3n) is 5.11. The summed E-state index contributed by atoms with van der Waals surface area (Å²) in [6, 6.07) is 13.6. The van der Waals surface area contributed by atoms with Crippen LogP contribution in [-0.4, -0.2) is 61.2 Å². The summed E-state index contributed by atoms with van der Waals surface area (Å²) in [5, 5.41) is 0.622. The molecule has 0 aromatic heterocycles. The van der Waals surface area contributed by atoms with E-state index in [1.165, 1.54) is 12.1 Å². The summed E-state index contributed by atoms with van der Waals surface area (Å²) in [6.45, 7) is 4.46. The van der Waals surface area contributed by atoms with Crippen LogP contribution in [0.3, 0.4) is 0 Å². The monoisotopic (exact) mass is 420 g/mol. The summed E-state index contributed by atoms with van der Waals surface area (Å²) >= 11 is 5.87. The summed E-state index contributed by atoms with van der Waals surface area (Å²) in [7, 11) is 1.66. The van der Waals surface area contributed by atoms with Gasteiger partial charge in [-0.15, -0.1) is 0 Å². The number of carbonyl (C=O) groups excluding carboxylic acids is 1. The maximum absolute atomic E-state index is 13.2. The molecule has 2 aromatic rings. The van der Waals surface area contributed by atoms with Crippen LogP contribution in [-0.2, 0) is 16.1 Å². The lowest BCUT2D eigenvalue weighted by molar-refractivity contribution is -0.140. The second kappa shape index (κ2) is 10.1. The largest absolute Gasteiger partial charge is 0.484 e. The third-order valence-corrected chi connectivity index (χ3v) is 5.36. The van der Waals surface area contributed by atoms with Crippen LogP contribution in [0.25, 0.3) is 0 Å². The van der Waals surface area contributed by atoms with Crippen LogP contribution in [0.15, 0.2) is 48.5 Å². The van der Waals surface area contributed by atoms with Crippen molar-refractivity contribution in [3.8, 4) is 5.75 Å². The molecule has 0 bridgehead atoms. The molecule has 0 spiro atoms. The second-order valence-electron chi connectivity index (χ2n) is 7.30. The lowest BCUT2D eigenvalue weighted by Gasteiger charge is -2.45. The average Bonchev–Trinajstić information content (AvgIpc) is 2.71. The smallest absolute Gasteiger partial charge is 0.260 e. The lowest BCUT2D eigenvalue weighted by Crippen LogP contribution is -2.60. The number of rotatable bonds is 7. The molecule has 1 saturated heterocycles. The maximum Gasteiger partial charge on any atom is 0.260 e. The van der Waals surface area contributed by atoms with Crippen LogP contribution in [0.2, 0.25) is 5.02 Å². The minimum absolute atomic E-state index is 0.0242. The number of amides is 1. The fourth-order valence-corrected chi connectivity index (χ4v) is 3.71. The first kappa shape index (κ1) is 21.6. The molecule has 0 saturated carbocycles. The first-order valence-electron chi connectivity index (χ1n) is 9.61. The molecule has 0 N–H and O–H groups in total. The van der Waals surface area contributed by atoms with Crippen LogP contribution in [0, 0.1) is 5.82 Å². The Kier molecular flexibility index (Phi) is 7.47. The fourth-order valence-electron chi connectivity index (χ4n) is 3.58. The predicted molar refractivity (Wildman–Crippen MR) is 111 cm³/mol. The number of methoxy groups -OCH3 is 1. The van der Waals surface area contributed by atoms with E-state index in [4.69, 9.17) is 21.1 Å². The second-order valence-corrected chi connectivity index (χ2v) is 7.74. The van der Waals surface area contributed by atoms with E-state index >= 15 is 0 Å². The van der Waals surface area contributed by atoms with E-state index < -0.39 is 0 Å². The van der Waals surface area contributed by atoms with Crippen molar-refractivity contribution in [2.75, 3.05) is 33.4 Å². The van der Waals surface area contributed by atoms with Gasteiger partial charge in [-0.25, -0.2) is 4.39 Å². The van der Waals surface area contributed by atoms with E-state index in [-0.39, 0.29) is 30.4 Å². The topological polar surface area (TPSA) is 42.0 Å². The molecule has 3 rings (SSSR count). The van der Waals surface area contributed by atoms with Crippen molar-refractivity contribution < 1.29 is 18.7 Å². The van der Waals surface area contributed by atoms with Crippen molar-refractivity contribution in [2.45, 2.75) is 25.6 Å². The average molecular weight is 421 g/mol. The molecule has 5 nitrogen and oxygen atoms in total. The first-order chi connectivity index (χ1) is 14.0. The highest BCUT2D eigenvalue weighted by molar-refractivity contribution is 6.30. The summed E-state index contributed by atoms with van der Waals surface area (Å²) in [4.78, 5) is 16.9. The van der Waals surface area contributed by atoms with Gasteiger partial charge in [0.2, 0.25) is 0 Å². The quantitative estimate of drug-likeness (QED) is 0.686. The van der Waals surface area contributed by atoms with E-state index in [2.05, 4.69) is 4.90 Å². The molecule has 29 heavy (non-hydrogen) atoms. The summed E-state index contributed by atoms with van der Waals surface area (Å²) < 4.78 is 24.2. The minimum atomic E-state index is -0.244. The number of piperazine rings is 1. The van der Waals surface area contributed by atoms with Crippen LogP contribution < -0.4 is 4.74 Å². The van der Waals surface area contributed by atoms with Gasteiger partial charge in [-0.1, -0.05) is 23.7 Å². The molecule has 1 heterocycles. The molecule has 1 aliphatic rings. The van der Waals surface area contributed by atoms with Gasteiger partial charge >= 0.3 is 0 Å². The molecule has 1 fully saturated rings. The van der Waals surface area contributed by atoms with Crippen molar-refractivity contribution in [2.24, 2.45) is 0 Å². The van der Waals surface area contributed by atoms with Crippen LogP contribution in [0.4, 0.5) is 4.39 Å². The Morgan fingerprint density at radius 1 is 1.14 bits per heavy atom. The van der Waals surface area contributed by atoms with E-state index in [1.807, 2.05) is 11.8 Å². The normalized spacial score (nSPS) is 19.9. The van der Waals surface area contributed by atoms with Crippen molar-refractivity contribution in [3.05, 3.63) is 64.9 Å². The standard InChI is InChI=1S/C22H26ClFN2O3/c1-16-11-25(12-17-3-7-19(24)8-4-17)20(14-28-2)13-26(16)22(27)15-29-21-9-5-18(23)6-10-21/h3-10,16,20H,11-15H2,1-2H3/t16-,20-/m1/s1. The van der Waals surface area contributed by atoms with Gasteiger partial charge < -0.3 is 14.4 Å². The third kappa shape index (κ3) is 5.92. The fraction of sp³-hybridized carbons (Fsp3) is 0.409. The van der Waals surface area contributed by atoms with E-state index in [9.17, 15) is 9.18 Å². The van der Waals surface area contributed by atoms with Gasteiger partial charge in [0.15, 0.2) is 6.61 Å². The van der Waals surface area contributed by atoms with E-state index in [1.54, 1.807) is 43.5 Å². The van der Waals surface area contributed by atoms with Crippen molar-refractivity contribution >= 4 is 17.5 Å². The Hall–Kier alpha value is -2.15. The number of ether oxygens (including phenoxy) is 2. The van der Waals surface area contributed by atoms with Crippen LogP contribution in [0.5, 0.6) is 5.75 Å². The molecule has 1 amide bonds. The molecule has 7 heteroatoms. The number of hydrogen-bond donors (Lipinski definition) is 0. The molecular formula is C22H26ClFN2O3. The zero-order chi connectivity index (χ0) is 20.8. The number of nitrogens with zero attached hydrogens (tertiary/aromatic N) is 2. The lowest BCUT2D eigenvalue weighted by atomic mass is 10.1. The molecule has 156 valence electrons. The zero-order valence-corrected chi connectivity index (χ0v) is 17.4. The van der Waals surface area contributed by atoms with Crippen molar-refractivity contribution in [3.63, 3.8) is 0 Å². The Labute approximate surface area is 176 Å². The van der Waals surface area contributed by atoms with Crippen LogP contribution >= 0.6 is 11.6 Å². The molecule has 0 radical (unpaired) electrons. The highest BCUT2D eigenvalue weighted by Crippen LogP contribution is 2.20. The van der Waals surface area contributed by atoms with E-state index in [0.717, 1.165) is 5.56 Å². The van der Waals surface area contributed by atoms with Crippen molar-refractivity contribution in [1.29, 1.82) is 0 Å². The van der Waals surface area contributed by atoms with Gasteiger partial charge in [-0.2, -0.15) is 0 Å². The minimum Gasteiger partial charge on any atom is -0.484 e. The highest BCUT2D eigenvalue weighted by Gasteiger charge is 2.34. The van der Waals surface area contributed by atoms with Gasteiger partial charge in [0.05, 0.1) is 12.6 Å².